The van der Waals surface area contributed by atoms with E-state index >= 15 is 0 Å². The molecule has 0 saturated heterocycles. The molecule has 1 heterocycles. The fraction of sp³-hybridized carbons (Fsp3) is 0.458. The third-order valence-corrected chi connectivity index (χ3v) is 6.66. The number of nitrogens with zero attached hydrogens (tertiary/aromatic N) is 1. The second-order valence-electron chi connectivity index (χ2n) is 8.84. The maximum atomic E-state index is 12.8. The van der Waals surface area contributed by atoms with Crippen molar-refractivity contribution in [1.29, 1.82) is 0 Å². The van der Waals surface area contributed by atoms with Crippen LogP contribution in [0.4, 0.5) is 5.69 Å². The zero-order valence-electron chi connectivity index (χ0n) is 19.3. The summed E-state index contributed by atoms with van der Waals surface area (Å²) in [6, 6.07) is 12.8. The first-order valence-corrected chi connectivity index (χ1v) is 12.5. The van der Waals surface area contributed by atoms with Crippen LogP contribution in [0.2, 0.25) is 0 Å². The minimum Gasteiger partial charge on any atom is -0.495 e. The molecule has 1 N–H and O–H groups in total. The molecule has 0 fully saturated rings. The minimum absolute atomic E-state index is 0.117. The topological polar surface area (TPSA) is 84.9 Å². The average molecular weight is 461 g/mol. The average Bonchev–Trinajstić information content (AvgIpc) is 2.70. The fourth-order valence-electron chi connectivity index (χ4n) is 4.05. The SMILES string of the molecule is COc1ccccc1N(CCCC(=O)N[C@@H]1CC(C)(C)Oc2ccc(C)cc21)S(C)(=O)=O. The molecule has 1 aliphatic heterocycles. The zero-order valence-corrected chi connectivity index (χ0v) is 20.2. The van der Waals surface area contributed by atoms with Gasteiger partial charge in [0.1, 0.15) is 17.1 Å². The Hall–Kier alpha value is -2.74. The van der Waals surface area contributed by atoms with Gasteiger partial charge in [0.05, 0.1) is 25.1 Å². The largest absolute Gasteiger partial charge is 0.495 e. The van der Waals surface area contributed by atoms with E-state index in [1.165, 1.54) is 11.4 Å². The Morgan fingerprint density at radius 1 is 1.25 bits per heavy atom. The molecular formula is C24H32N2O5S. The molecule has 0 aromatic heterocycles. The third kappa shape index (κ3) is 5.73. The van der Waals surface area contributed by atoms with Crippen molar-refractivity contribution in [2.45, 2.75) is 51.7 Å². The first kappa shape index (κ1) is 23.9. The van der Waals surface area contributed by atoms with Crippen LogP contribution in [0.5, 0.6) is 11.5 Å². The summed E-state index contributed by atoms with van der Waals surface area (Å²) in [6.45, 7) is 6.20. The van der Waals surface area contributed by atoms with Crippen LogP contribution < -0.4 is 19.1 Å². The van der Waals surface area contributed by atoms with Crippen LogP contribution in [0, 0.1) is 6.92 Å². The Labute approximate surface area is 190 Å². The molecule has 1 aliphatic rings. The van der Waals surface area contributed by atoms with Gasteiger partial charge in [-0.25, -0.2) is 8.42 Å². The lowest BCUT2D eigenvalue weighted by Gasteiger charge is -2.38. The molecule has 3 rings (SSSR count). The number of sulfonamides is 1. The van der Waals surface area contributed by atoms with Crippen LogP contribution in [0.25, 0.3) is 0 Å². The number of ether oxygens (including phenoxy) is 2. The summed E-state index contributed by atoms with van der Waals surface area (Å²) in [7, 11) is -2.03. The molecule has 174 valence electrons. The lowest BCUT2D eigenvalue weighted by Crippen LogP contribution is -2.41. The maximum absolute atomic E-state index is 12.8. The smallest absolute Gasteiger partial charge is 0.232 e. The molecule has 0 radical (unpaired) electrons. The number of amides is 1. The Kier molecular flexibility index (Phi) is 7.03. The number of anilines is 1. The van der Waals surface area contributed by atoms with E-state index in [9.17, 15) is 13.2 Å². The van der Waals surface area contributed by atoms with Gasteiger partial charge in [-0.2, -0.15) is 0 Å². The summed E-state index contributed by atoms with van der Waals surface area (Å²) in [4.78, 5) is 12.8. The monoisotopic (exact) mass is 460 g/mol. The molecular weight excluding hydrogens is 428 g/mol. The van der Waals surface area contributed by atoms with Crippen molar-refractivity contribution < 1.29 is 22.7 Å². The van der Waals surface area contributed by atoms with Crippen molar-refractivity contribution in [1.82, 2.24) is 5.32 Å². The van der Waals surface area contributed by atoms with Crippen molar-refractivity contribution in [3.8, 4) is 11.5 Å². The Balaban J connectivity index is 1.67. The van der Waals surface area contributed by atoms with Gasteiger partial charge in [-0.3, -0.25) is 9.10 Å². The number of hydrogen-bond acceptors (Lipinski definition) is 5. The lowest BCUT2D eigenvalue weighted by atomic mass is 9.89. The van der Waals surface area contributed by atoms with Crippen LogP contribution in [0.3, 0.4) is 0 Å². The number of methoxy groups -OCH3 is 1. The van der Waals surface area contributed by atoms with E-state index in [1.807, 2.05) is 39.0 Å². The summed E-state index contributed by atoms with van der Waals surface area (Å²) < 4.78 is 37.5. The number of carbonyl (C=O) groups excluding carboxylic acids is 1. The number of para-hydroxylation sites is 2. The molecule has 2 aromatic carbocycles. The van der Waals surface area contributed by atoms with Gasteiger partial charge in [0.2, 0.25) is 15.9 Å². The summed E-state index contributed by atoms with van der Waals surface area (Å²) >= 11 is 0. The van der Waals surface area contributed by atoms with Crippen molar-refractivity contribution in [2.75, 3.05) is 24.2 Å². The molecule has 7 nitrogen and oxygen atoms in total. The molecule has 8 heteroatoms. The maximum Gasteiger partial charge on any atom is 0.232 e. The molecule has 0 spiro atoms. The van der Waals surface area contributed by atoms with E-state index in [2.05, 4.69) is 5.32 Å². The Bertz CT molecular complexity index is 1080. The van der Waals surface area contributed by atoms with Crippen LogP contribution in [-0.2, 0) is 14.8 Å². The van der Waals surface area contributed by atoms with Gasteiger partial charge in [0, 0.05) is 24.9 Å². The van der Waals surface area contributed by atoms with Gasteiger partial charge in [-0.1, -0.05) is 29.8 Å². The van der Waals surface area contributed by atoms with E-state index in [0.717, 1.165) is 23.1 Å². The number of aryl methyl sites for hydroxylation is 1. The van der Waals surface area contributed by atoms with Gasteiger partial charge >= 0.3 is 0 Å². The highest BCUT2D eigenvalue weighted by atomic mass is 32.2. The first-order chi connectivity index (χ1) is 15.0. The van der Waals surface area contributed by atoms with Gasteiger partial charge in [-0.15, -0.1) is 0 Å². The second kappa shape index (κ2) is 9.40. The minimum atomic E-state index is -3.53. The quantitative estimate of drug-likeness (QED) is 0.644. The number of benzene rings is 2. The number of rotatable bonds is 8. The van der Waals surface area contributed by atoms with Crippen LogP contribution in [0.15, 0.2) is 42.5 Å². The molecule has 1 atom stereocenters. The molecule has 0 unspecified atom stereocenters. The molecule has 1 amide bonds. The van der Waals surface area contributed by atoms with Crippen molar-refractivity contribution in [3.63, 3.8) is 0 Å². The van der Waals surface area contributed by atoms with E-state index in [1.54, 1.807) is 24.3 Å². The Morgan fingerprint density at radius 3 is 2.66 bits per heavy atom. The molecule has 0 saturated carbocycles. The standard InChI is InChI=1S/C24H32N2O5S/c1-17-12-13-21-18(15-17)19(16-24(2,3)31-21)25-23(27)11-8-14-26(32(5,28)29)20-9-6-7-10-22(20)30-4/h6-7,9-10,12-13,15,19H,8,11,14,16H2,1-5H3,(H,25,27)/t19-/m1/s1. The van der Waals surface area contributed by atoms with Crippen LogP contribution >= 0.6 is 0 Å². The molecule has 2 aromatic rings. The molecule has 0 bridgehead atoms. The van der Waals surface area contributed by atoms with Gasteiger partial charge in [-0.05, 0) is 45.4 Å². The second-order valence-corrected chi connectivity index (χ2v) is 10.7. The predicted octanol–water partition coefficient (Wildman–Crippen LogP) is 3.97. The van der Waals surface area contributed by atoms with Crippen molar-refractivity contribution >= 4 is 21.6 Å². The number of nitrogens with one attached hydrogen (secondary N) is 1. The normalized spacial score (nSPS) is 17.1. The van der Waals surface area contributed by atoms with Crippen LogP contribution in [-0.4, -0.2) is 39.8 Å². The highest BCUT2D eigenvalue weighted by Crippen LogP contribution is 2.40. The van der Waals surface area contributed by atoms with Gasteiger partial charge < -0.3 is 14.8 Å². The lowest BCUT2D eigenvalue weighted by molar-refractivity contribution is -0.122. The van der Waals surface area contributed by atoms with E-state index in [0.29, 0.717) is 24.3 Å². The molecule has 32 heavy (non-hydrogen) atoms. The zero-order chi connectivity index (χ0) is 23.5. The highest BCUT2D eigenvalue weighted by Gasteiger charge is 2.34. The number of hydrogen-bond donors (Lipinski definition) is 1. The Morgan fingerprint density at radius 2 is 1.97 bits per heavy atom. The van der Waals surface area contributed by atoms with E-state index < -0.39 is 15.6 Å². The first-order valence-electron chi connectivity index (χ1n) is 10.7. The van der Waals surface area contributed by atoms with Crippen LogP contribution in [0.1, 0.15) is 50.3 Å². The third-order valence-electron chi connectivity index (χ3n) is 5.48. The van der Waals surface area contributed by atoms with Gasteiger partial charge in [0.25, 0.3) is 0 Å². The van der Waals surface area contributed by atoms with Crippen molar-refractivity contribution in [3.05, 3.63) is 53.6 Å². The summed E-state index contributed by atoms with van der Waals surface area (Å²) in [5.74, 6) is 1.14. The number of fused-ring (bicyclic) bond motifs is 1. The van der Waals surface area contributed by atoms with Gasteiger partial charge in [0.15, 0.2) is 0 Å². The predicted molar refractivity (Wildman–Crippen MR) is 126 cm³/mol. The molecule has 0 aliphatic carbocycles. The summed E-state index contributed by atoms with van der Waals surface area (Å²) in [6.07, 6.45) is 2.40. The fourth-order valence-corrected chi connectivity index (χ4v) is 5.02. The van der Waals surface area contributed by atoms with E-state index in [4.69, 9.17) is 9.47 Å². The van der Waals surface area contributed by atoms with E-state index in [-0.39, 0.29) is 24.9 Å². The summed E-state index contributed by atoms with van der Waals surface area (Å²) in [5.41, 5.74) is 2.15. The van der Waals surface area contributed by atoms with Crippen molar-refractivity contribution in [2.24, 2.45) is 0 Å². The number of carbonyl (C=O) groups is 1. The summed E-state index contributed by atoms with van der Waals surface area (Å²) in [5, 5.41) is 3.12. The highest BCUT2D eigenvalue weighted by molar-refractivity contribution is 7.92.